The van der Waals surface area contributed by atoms with Crippen molar-refractivity contribution in [2.45, 2.75) is 0 Å². The molecule has 0 spiro atoms. The zero-order chi connectivity index (χ0) is 11.0. The van der Waals surface area contributed by atoms with Crippen LogP contribution in [0.1, 0.15) is 10.4 Å². The molecule has 0 aliphatic heterocycles. The van der Waals surface area contributed by atoms with E-state index in [1.165, 1.54) is 0 Å². The number of carbonyl (C=O) groups excluding carboxylic acids is 1. The van der Waals surface area contributed by atoms with Crippen LogP contribution in [0, 0.1) is 29.1 Å². The van der Waals surface area contributed by atoms with E-state index in [4.69, 9.17) is 0 Å². The Morgan fingerprint density at radius 2 is 1.07 bits per heavy atom. The molecule has 0 amide bonds. The first kappa shape index (κ1) is 15.4. The van der Waals surface area contributed by atoms with Gasteiger partial charge in [-0.2, -0.15) is 0 Å². The molecular weight excluding hydrogens is 344 g/mol. The first-order valence-corrected chi connectivity index (χ1v) is 3.10. The molecule has 0 N–H and O–H groups in total. The van der Waals surface area contributed by atoms with E-state index in [2.05, 4.69) is 0 Å². The van der Waals surface area contributed by atoms with E-state index in [1.54, 1.807) is 0 Å². The van der Waals surface area contributed by atoms with Crippen LogP contribution in [0.15, 0.2) is 0 Å². The molecule has 0 aliphatic rings. The number of rotatable bonds is 1. The minimum absolute atomic E-state index is 0. The fourth-order valence-electron chi connectivity index (χ4n) is 0.784. The van der Waals surface area contributed by atoms with Crippen molar-refractivity contribution < 1.29 is 101 Å². The van der Waals surface area contributed by atoms with Gasteiger partial charge in [0.2, 0.25) is 5.82 Å². The molecule has 0 aromatic heterocycles. The molecule has 1 aromatic carbocycles. The molecular formula is C7CsF5O2. The molecule has 1 aromatic rings. The minimum atomic E-state index is -2.47. The third-order valence-corrected chi connectivity index (χ3v) is 1.41. The number of hydrogen-bond donors (Lipinski definition) is 0. The Morgan fingerprint density at radius 1 is 0.800 bits per heavy atom. The Hall–Kier alpha value is 0.392. The second kappa shape index (κ2) is 5.64. The van der Waals surface area contributed by atoms with Gasteiger partial charge >= 0.3 is 68.9 Å². The second-order valence-corrected chi connectivity index (χ2v) is 2.23. The second-order valence-electron chi connectivity index (χ2n) is 2.23. The zero-order valence-corrected chi connectivity index (χ0v) is 13.5. The number of benzene rings is 1. The Bertz CT molecular complexity index is 391. The van der Waals surface area contributed by atoms with Gasteiger partial charge < -0.3 is 9.90 Å². The zero-order valence-electron chi connectivity index (χ0n) is 7.21. The molecule has 0 saturated heterocycles. The van der Waals surface area contributed by atoms with Crippen LogP contribution >= 0.6 is 0 Å². The van der Waals surface area contributed by atoms with Crippen molar-refractivity contribution in [1.29, 1.82) is 0 Å². The van der Waals surface area contributed by atoms with E-state index >= 15 is 0 Å². The third-order valence-electron chi connectivity index (χ3n) is 1.41. The standard InChI is InChI=1S/C7HF5O2.Cs/c8-2-1(7(13)14)3(9)5(11)6(12)4(2)10;/h(H,13,14);/q;+1/p-1. The monoisotopic (exact) mass is 344 g/mol. The van der Waals surface area contributed by atoms with Gasteiger partial charge in [0.15, 0.2) is 23.3 Å². The minimum Gasteiger partial charge on any atom is -0.545 e. The predicted octanol–water partition coefficient (Wildman–Crippen LogP) is -2.25. The number of carbonyl (C=O) groups is 1. The average molecular weight is 344 g/mol. The summed E-state index contributed by atoms with van der Waals surface area (Å²) in [4.78, 5) is 10.0. The maximum absolute atomic E-state index is 12.5. The van der Waals surface area contributed by atoms with Gasteiger partial charge in [0, 0.05) is 0 Å². The Morgan fingerprint density at radius 3 is 1.33 bits per heavy atom. The van der Waals surface area contributed by atoms with Gasteiger partial charge in [-0.05, 0) is 0 Å². The Labute approximate surface area is 139 Å². The predicted molar refractivity (Wildman–Crippen MR) is 30.6 cm³/mol. The topological polar surface area (TPSA) is 40.1 Å². The van der Waals surface area contributed by atoms with Gasteiger partial charge in [-0.1, -0.05) is 0 Å². The molecule has 0 bridgehead atoms. The summed E-state index contributed by atoms with van der Waals surface area (Å²) < 4.78 is 62.0. The molecule has 0 unspecified atom stereocenters. The van der Waals surface area contributed by atoms with Gasteiger partial charge in [0.25, 0.3) is 0 Å². The molecule has 15 heavy (non-hydrogen) atoms. The molecule has 0 radical (unpaired) electrons. The van der Waals surface area contributed by atoms with Gasteiger partial charge in [-0.15, -0.1) is 0 Å². The van der Waals surface area contributed by atoms with Crippen molar-refractivity contribution in [3.8, 4) is 0 Å². The van der Waals surface area contributed by atoms with Crippen molar-refractivity contribution in [3.05, 3.63) is 34.6 Å². The summed E-state index contributed by atoms with van der Waals surface area (Å²) in [5.41, 5.74) is -1.97. The molecule has 0 atom stereocenters. The summed E-state index contributed by atoms with van der Waals surface area (Å²) >= 11 is 0. The SMILES string of the molecule is O=C([O-])c1c(F)c(F)c(F)c(F)c1F.[Cs+]. The van der Waals surface area contributed by atoms with Crippen molar-refractivity contribution >= 4 is 5.97 Å². The Balaban J connectivity index is 0.00000196. The smallest absolute Gasteiger partial charge is 0.545 e. The molecule has 0 saturated carbocycles. The molecule has 1 rings (SSSR count). The van der Waals surface area contributed by atoms with E-state index in [0.717, 1.165) is 0 Å². The van der Waals surface area contributed by atoms with Gasteiger partial charge in [0.1, 0.15) is 0 Å². The van der Waals surface area contributed by atoms with E-state index in [1.807, 2.05) is 0 Å². The summed E-state index contributed by atoms with van der Waals surface area (Å²) in [6.07, 6.45) is 0. The first-order valence-electron chi connectivity index (χ1n) is 3.10. The van der Waals surface area contributed by atoms with Crippen molar-refractivity contribution in [3.63, 3.8) is 0 Å². The number of carboxylic acids is 1. The van der Waals surface area contributed by atoms with Crippen molar-refractivity contribution in [2.75, 3.05) is 0 Å². The van der Waals surface area contributed by atoms with Crippen LogP contribution in [-0.2, 0) is 0 Å². The summed E-state index contributed by atoms with van der Waals surface area (Å²) in [6, 6.07) is 0. The van der Waals surface area contributed by atoms with Crippen molar-refractivity contribution in [1.82, 2.24) is 0 Å². The molecule has 2 nitrogen and oxygen atoms in total. The number of halogens is 5. The molecule has 0 aliphatic carbocycles. The van der Waals surface area contributed by atoms with Crippen LogP contribution in [0.5, 0.6) is 0 Å². The molecule has 8 heteroatoms. The molecule has 0 fully saturated rings. The summed E-state index contributed by atoms with van der Waals surface area (Å²) in [7, 11) is 0. The van der Waals surface area contributed by atoms with E-state index in [0.29, 0.717) is 0 Å². The molecule has 76 valence electrons. The van der Waals surface area contributed by atoms with Crippen LogP contribution in [0.4, 0.5) is 22.0 Å². The van der Waals surface area contributed by atoms with E-state index in [-0.39, 0.29) is 68.9 Å². The fraction of sp³-hybridized carbons (Fsp3) is 0. The van der Waals surface area contributed by atoms with Gasteiger partial charge in [0.05, 0.1) is 11.5 Å². The van der Waals surface area contributed by atoms with Crippen LogP contribution in [0.25, 0.3) is 0 Å². The fourth-order valence-corrected chi connectivity index (χ4v) is 0.784. The normalized spacial score (nSPS) is 9.67. The maximum Gasteiger partial charge on any atom is 1.00 e. The van der Waals surface area contributed by atoms with E-state index < -0.39 is 40.6 Å². The van der Waals surface area contributed by atoms with Crippen LogP contribution < -0.4 is 74.0 Å². The first-order chi connectivity index (χ1) is 6.37. The van der Waals surface area contributed by atoms with Crippen LogP contribution in [0.3, 0.4) is 0 Å². The number of aromatic carboxylic acids is 1. The average Bonchev–Trinajstić information content (AvgIpc) is 2.11. The Kier molecular flexibility index (Phi) is 5.79. The van der Waals surface area contributed by atoms with Gasteiger partial charge in [-0.25, -0.2) is 22.0 Å². The number of carboxylic acid groups (broad SMARTS) is 1. The summed E-state index contributed by atoms with van der Waals surface area (Å²) in [6.45, 7) is 0. The van der Waals surface area contributed by atoms with Crippen LogP contribution in [0.2, 0.25) is 0 Å². The van der Waals surface area contributed by atoms with Gasteiger partial charge in [-0.3, -0.25) is 0 Å². The number of hydrogen-bond acceptors (Lipinski definition) is 2. The summed E-state index contributed by atoms with van der Waals surface area (Å²) in [5, 5.41) is 10.0. The van der Waals surface area contributed by atoms with E-state index in [9.17, 15) is 31.9 Å². The third kappa shape index (κ3) is 2.74. The van der Waals surface area contributed by atoms with Crippen LogP contribution in [-0.4, -0.2) is 5.97 Å². The quantitative estimate of drug-likeness (QED) is 0.328. The largest absolute Gasteiger partial charge is 1.00 e. The summed E-state index contributed by atoms with van der Waals surface area (Å²) in [5.74, 6) is -14.4. The molecule has 0 heterocycles. The van der Waals surface area contributed by atoms with Crippen molar-refractivity contribution in [2.24, 2.45) is 0 Å². The maximum atomic E-state index is 12.5.